The molecule has 0 unspecified atom stereocenters. The molecule has 0 aliphatic heterocycles. The number of rotatable bonds is 13. The second-order valence-corrected chi connectivity index (χ2v) is 8.23. The van der Waals surface area contributed by atoms with Gasteiger partial charge in [0.2, 0.25) is 20.0 Å². The van der Waals surface area contributed by atoms with Gasteiger partial charge in [-0.25, -0.2) is 14.7 Å². The van der Waals surface area contributed by atoms with E-state index in [9.17, 15) is 18.9 Å². The molecule has 0 atom stereocenters. The van der Waals surface area contributed by atoms with Gasteiger partial charge >= 0.3 is 19.5 Å². The van der Waals surface area contributed by atoms with Crippen molar-refractivity contribution in [2.45, 2.75) is 6.42 Å². The fourth-order valence-electron chi connectivity index (χ4n) is 2.28. The van der Waals surface area contributed by atoms with Crippen LogP contribution in [0.5, 0.6) is 0 Å². The Balaban J connectivity index is 1.89. The highest BCUT2D eigenvalue weighted by Crippen LogP contribution is 2.48. The zero-order valence-electron chi connectivity index (χ0n) is 16.5. The first-order valence-electron chi connectivity index (χ1n) is 9.17. The van der Waals surface area contributed by atoms with Gasteiger partial charge < -0.3 is 9.47 Å². The molecule has 0 aromatic heterocycles. The highest BCUT2D eigenvalue weighted by Gasteiger charge is 2.26. The van der Waals surface area contributed by atoms with Gasteiger partial charge in [-0.1, -0.05) is 36.4 Å². The first-order chi connectivity index (χ1) is 14.9. The summed E-state index contributed by atoms with van der Waals surface area (Å²) in [6, 6.07) is 16.2. The quantitative estimate of drug-likeness (QED) is 0.122. The molecule has 31 heavy (non-hydrogen) atoms. The maximum atomic E-state index is 12.9. The van der Waals surface area contributed by atoms with E-state index in [0.717, 1.165) is 0 Å². The van der Waals surface area contributed by atoms with Crippen LogP contribution >= 0.6 is 7.60 Å². The Kier molecular flexibility index (Phi) is 9.86. The molecule has 11 heteroatoms. The molecule has 0 spiro atoms. The molecule has 2 aromatic rings. The van der Waals surface area contributed by atoms with Crippen LogP contribution in [-0.4, -0.2) is 54.9 Å². The maximum Gasteiger partial charge on any atom is 0.340 e. The Morgan fingerprint density at radius 3 is 1.74 bits per heavy atom. The third-order valence-corrected chi connectivity index (χ3v) is 5.70. The van der Waals surface area contributed by atoms with Crippen molar-refractivity contribution in [1.29, 1.82) is 0 Å². The number of amides is 1. The van der Waals surface area contributed by atoms with Crippen LogP contribution in [0, 0.1) is 0 Å². The lowest BCUT2D eigenvalue weighted by Gasteiger charge is -2.19. The molecular weight excluding hydrogens is 429 g/mol. The van der Waals surface area contributed by atoms with Crippen molar-refractivity contribution in [2.24, 2.45) is 0 Å². The van der Waals surface area contributed by atoms with Gasteiger partial charge in [-0.15, -0.1) is 0 Å². The van der Waals surface area contributed by atoms with E-state index in [1.807, 2.05) is 0 Å². The van der Waals surface area contributed by atoms with Crippen molar-refractivity contribution >= 4 is 25.9 Å². The second-order valence-electron chi connectivity index (χ2n) is 6.05. The van der Waals surface area contributed by atoms with Crippen LogP contribution in [0.4, 0.5) is 0 Å². The Labute approximate surface area is 178 Å². The average molecular weight is 451 g/mol. The van der Waals surface area contributed by atoms with E-state index in [1.165, 1.54) is 24.3 Å². The molecule has 1 N–H and O–H groups in total. The van der Waals surface area contributed by atoms with Crippen LogP contribution < -0.4 is 0 Å². The largest absolute Gasteiger partial charge is 0.434 e. The zero-order chi connectivity index (χ0) is 22.5. The number of carbonyl (C=O) groups excluding carboxylic acids is 3. The highest BCUT2D eigenvalue weighted by atomic mass is 31.2. The van der Waals surface area contributed by atoms with Crippen molar-refractivity contribution in [1.82, 2.24) is 5.06 Å². The van der Waals surface area contributed by atoms with Crippen molar-refractivity contribution in [3.8, 4) is 0 Å². The molecule has 0 radical (unpaired) electrons. The lowest BCUT2D eigenvalue weighted by molar-refractivity contribution is -0.149. The number of nitrogens with zero attached hydrogens (tertiary/aromatic N) is 1. The van der Waals surface area contributed by atoms with Gasteiger partial charge in [0.15, 0.2) is 0 Å². The maximum absolute atomic E-state index is 12.9. The SMILES string of the molecule is O=CN(O)CCCP(=O)(OCOC(=O)c1ccccc1)OCOC(=O)c1ccccc1. The summed E-state index contributed by atoms with van der Waals surface area (Å²) < 4.78 is 33.0. The summed E-state index contributed by atoms with van der Waals surface area (Å²) >= 11 is 0. The van der Waals surface area contributed by atoms with E-state index in [-0.39, 0.29) is 36.7 Å². The molecule has 0 fully saturated rings. The normalized spacial score (nSPS) is 10.9. The predicted molar refractivity (Wildman–Crippen MR) is 107 cm³/mol. The Hall–Kier alpha value is -3.04. The summed E-state index contributed by atoms with van der Waals surface area (Å²) in [5.41, 5.74) is 0.557. The monoisotopic (exact) mass is 451 g/mol. The van der Waals surface area contributed by atoms with Crippen LogP contribution in [-0.2, 0) is 27.9 Å². The second kappa shape index (κ2) is 12.6. The minimum atomic E-state index is -3.89. The summed E-state index contributed by atoms with van der Waals surface area (Å²) in [6.07, 6.45) is 0.00533. The lowest BCUT2D eigenvalue weighted by atomic mass is 10.2. The zero-order valence-corrected chi connectivity index (χ0v) is 17.4. The molecule has 0 bridgehead atoms. The van der Waals surface area contributed by atoms with Gasteiger partial charge in [0.05, 0.1) is 17.3 Å². The first kappa shape index (κ1) is 24.2. The molecule has 2 rings (SSSR count). The Morgan fingerprint density at radius 1 is 0.871 bits per heavy atom. The predicted octanol–water partition coefficient (Wildman–Crippen LogP) is 3.08. The van der Waals surface area contributed by atoms with Gasteiger partial charge in [0, 0.05) is 6.54 Å². The third-order valence-electron chi connectivity index (χ3n) is 3.84. The topological polar surface area (TPSA) is 129 Å². The summed E-state index contributed by atoms with van der Waals surface area (Å²) in [7, 11) is -3.89. The first-order valence-corrected chi connectivity index (χ1v) is 10.9. The Bertz CT molecular complexity index is 831. The molecule has 1 amide bonds. The van der Waals surface area contributed by atoms with Crippen molar-refractivity contribution in [2.75, 3.05) is 26.3 Å². The molecule has 166 valence electrons. The number of ether oxygens (including phenoxy) is 2. The number of hydroxylamine groups is 2. The smallest absolute Gasteiger partial charge is 0.340 e. The van der Waals surface area contributed by atoms with Crippen LogP contribution in [0.25, 0.3) is 0 Å². The van der Waals surface area contributed by atoms with E-state index < -0.39 is 33.1 Å². The summed E-state index contributed by atoms with van der Waals surface area (Å²) in [5, 5.41) is 9.53. The Morgan fingerprint density at radius 2 is 1.32 bits per heavy atom. The van der Waals surface area contributed by atoms with E-state index in [2.05, 4.69) is 0 Å². The number of hydrogen-bond acceptors (Lipinski definition) is 9. The van der Waals surface area contributed by atoms with Crippen LogP contribution in [0.3, 0.4) is 0 Å². The van der Waals surface area contributed by atoms with Crippen LogP contribution in [0.2, 0.25) is 0 Å². The van der Waals surface area contributed by atoms with E-state index in [1.54, 1.807) is 36.4 Å². The van der Waals surface area contributed by atoms with Gasteiger partial charge in [-0.05, 0) is 30.7 Å². The number of carbonyl (C=O) groups is 3. The van der Waals surface area contributed by atoms with E-state index in [4.69, 9.17) is 23.7 Å². The van der Waals surface area contributed by atoms with E-state index >= 15 is 0 Å². The minimum absolute atomic E-state index is 0.0474. The van der Waals surface area contributed by atoms with Crippen LogP contribution in [0.1, 0.15) is 27.1 Å². The molecule has 0 aliphatic carbocycles. The number of benzene rings is 2. The third kappa shape index (κ3) is 8.69. The van der Waals surface area contributed by atoms with Crippen molar-refractivity contribution in [3.05, 3.63) is 71.8 Å². The molecule has 0 saturated heterocycles. The van der Waals surface area contributed by atoms with E-state index in [0.29, 0.717) is 5.06 Å². The fourth-order valence-corrected chi connectivity index (χ4v) is 3.57. The molecule has 0 saturated carbocycles. The van der Waals surface area contributed by atoms with Gasteiger partial charge in [0.1, 0.15) is 0 Å². The number of hydrogen-bond donors (Lipinski definition) is 1. The minimum Gasteiger partial charge on any atom is -0.434 e. The summed E-state index contributed by atoms with van der Waals surface area (Å²) in [4.78, 5) is 34.4. The van der Waals surface area contributed by atoms with Crippen LogP contribution in [0.15, 0.2) is 60.7 Å². The standard InChI is InChI=1S/C20H22NO9P/c22-14-21(25)12-7-13-31(26,29-15-27-19(23)17-8-3-1-4-9-17)30-16-28-20(24)18-10-5-2-6-11-18/h1-6,8-11,14,25H,7,12-13,15-16H2. The van der Waals surface area contributed by atoms with Crippen molar-refractivity contribution in [3.63, 3.8) is 0 Å². The molecule has 0 aliphatic rings. The van der Waals surface area contributed by atoms with Crippen molar-refractivity contribution < 1.29 is 42.7 Å². The number of esters is 2. The summed E-state index contributed by atoms with van der Waals surface area (Å²) in [6.45, 7) is -1.48. The lowest BCUT2D eigenvalue weighted by Crippen LogP contribution is -2.19. The molecule has 0 heterocycles. The molecular formula is C20H22NO9P. The molecule has 2 aromatic carbocycles. The highest BCUT2D eigenvalue weighted by molar-refractivity contribution is 7.53. The van der Waals surface area contributed by atoms with Gasteiger partial charge in [-0.2, -0.15) is 0 Å². The van der Waals surface area contributed by atoms with Gasteiger partial charge in [0.25, 0.3) is 0 Å². The average Bonchev–Trinajstić information content (AvgIpc) is 2.80. The fraction of sp³-hybridized carbons (Fsp3) is 0.250. The summed E-state index contributed by atoms with van der Waals surface area (Å²) in [5.74, 6) is -1.38. The van der Waals surface area contributed by atoms with Gasteiger partial charge in [-0.3, -0.25) is 23.6 Å². The molecule has 10 nitrogen and oxygen atoms in total.